The van der Waals surface area contributed by atoms with Crippen molar-refractivity contribution in [2.45, 2.75) is 77.8 Å². The van der Waals surface area contributed by atoms with Gasteiger partial charge in [0.15, 0.2) is 0 Å². The normalized spacial score (nSPS) is 31.1. The van der Waals surface area contributed by atoms with Crippen LogP contribution in [0.2, 0.25) is 0 Å². The highest BCUT2D eigenvalue weighted by Crippen LogP contribution is 2.37. The first-order valence-electron chi connectivity index (χ1n) is 13.1. The van der Waals surface area contributed by atoms with E-state index in [1.807, 2.05) is 4.90 Å². The Hall–Kier alpha value is -2.44. The Morgan fingerprint density at radius 2 is 1.85 bits per heavy atom. The zero-order chi connectivity index (χ0) is 24.2. The molecule has 2 bridgehead atoms. The monoisotopic (exact) mass is 468 g/mol. The summed E-state index contributed by atoms with van der Waals surface area (Å²) in [6.45, 7) is 8.54. The van der Waals surface area contributed by atoms with Gasteiger partial charge >= 0.3 is 0 Å². The minimum Gasteiger partial charge on any atom is -0.353 e. The summed E-state index contributed by atoms with van der Waals surface area (Å²) in [6.07, 6.45) is 8.85. The standard InChI is InChI=1S/C27H40N4O3/c1-18(2)23-8-7-19(3)13-26(33)31-16-20-14-22(24(31)5-4-6-25(32)29-23)17-30(15-20)27(34)21-9-11-28-12-10-21/h9-12,18-20,22-24H,4-8,13-17H2,1-3H3,(H,29,32)/t19-,20+,22+,23+,24+/m1/s1. The third kappa shape index (κ3) is 5.78. The molecule has 0 spiro atoms. The van der Waals surface area contributed by atoms with Gasteiger partial charge in [-0.3, -0.25) is 19.4 Å². The van der Waals surface area contributed by atoms with E-state index >= 15 is 0 Å². The Labute approximate surface area is 203 Å². The number of piperidine rings is 2. The number of hydrogen-bond donors (Lipinski definition) is 1. The quantitative estimate of drug-likeness (QED) is 0.720. The van der Waals surface area contributed by atoms with E-state index in [2.05, 4.69) is 36.0 Å². The maximum Gasteiger partial charge on any atom is 0.253 e. The van der Waals surface area contributed by atoms with Crippen molar-refractivity contribution in [3.8, 4) is 0 Å². The third-order valence-electron chi connectivity index (χ3n) is 8.05. The van der Waals surface area contributed by atoms with Crippen molar-refractivity contribution in [2.75, 3.05) is 19.6 Å². The third-order valence-corrected chi connectivity index (χ3v) is 8.05. The second-order valence-corrected chi connectivity index (χ2v) is 11.1. The Balaban J connectivity index is 1.50. The number of pyridine rings is 1. The van der Waals surface area contributed by atoms with Gasteiger partial charge in [-0.05, 0) is 67.9 Å². The summed E-state index contributed by atoms with van der Waals surface area (Å²) in [7, 11) is 0. The lowest BCUT2D eigenvalue weighted by Gasteiger charge is -2.51. The summed E-state index contributed by atoms with van der Waals surface area (Å²) < 4.78 is 0. The summed E-state index contributed by atoms with van der Waals surface area (Å²) >= 11 is 0. The zero-order valence-corrected chi connectivity index (χ0v) is 20.9. The van der Waals surface area contributed by atoms with Crippen LogP contribution in [0.5, 0.6) is 0 Å². The van der Waals surface area contributed by atoms with Crippen molar-refractivity contribution in [3.05, 3.63) is 30.1 Å². The van der Waals surface area contributed by atoms with Crippen LogP contribution in [0.25, 0.3) is 0 Å². The smallest absolute Gasteiger partial charge is 0.253 e. The van der Waals surface area contributed by atoms with Crippen molar-refractivity contribution in [2.24, 2.45) is 23.7 Å². The summed E-state index contributed by atoms with van der Waals surface area (Å²) in [6, 6.07) is 3.80. The van der Waals surface area contributed by atoms with E-state index in [1.165, 1.54) is 0 Å². The van der Waals surface area contributed by atoms with Gasteiger partial charge in [-0.25, -0.2) is 0 Å². The second kappa shape index (κ2) is 10.9. The number of aromatic nitrogens is 1. The number of amides is 3. The lowest BCUT2D eigenvalue weighted by molar-refractivity contribution is -0.141. The van der Waals surface area contributed by atoms with E-state index in [0.717, 1.165) is 32.1 Å². The average Bonchev–Trinajstić information content (AvgIpc) is 2.82. The van der Waals surface area contributed by atoms with Gasteiger partial charge in [0.05, 0.1) is 0 Å². The van der Waals surface area contributed by atoms with E-state index in [9.17, 15) is 14.4 Å². The summed E-state index contributed by atoms with van der Waals surface area (Å²) in [4.78, 5) is 47.4. The van der Waals surface area contributed by atoms with Crippen LogP contribution in [-0.2, 0) is 9.59 Å². The molecule has 3 aliphatic rings. The van der Waals surface area contributed by atoms with Gasteiger partial charge < -0.3 is 15.1 Å². The Bertz CT molecular complexity index is 874. The number of hydrogen-bond acceptors (Lipinski definition) is 4. The van der Waals surface area contributed by atoms with Crippen molar-refractivity contribution in [1.29, 1.82) is 0 Å². The Morgan fingerprint density at radius 3 is 2.59 bits per heavy atom. The molecular weight excluding hydrogens is 428 g/mol. The van der Waals surface area contributed by atoms with Gasteiger partial charge in [-0.1, -0.05) is 20.8 Å². The fourth-order valence-corrected chi connectivity index (χ4v) is 6.15. The minimum atomic E-state index is 0.0502. The molecule has 34 heavy (non-hydrogen) atoms. The molecule has 0 aromatic carbocycles. The van der Waals surface area contributed by atoms with Crippen LogP contribution in [0.4, 0.5) is 0 Å². The predicted octanol–water partition coefficient (Wildman–Crippen LogP) is 3.50. The number of likely N-dealkylation sites (tertiary alicyclic amines) is 1. The summed E-state index contributed by atoms with van der Waals surface area (Å²) in [5.41, 5.74) is 0.669. The van der Waals surface area contributed by atoms with Crippen molar-refractivity contribution in [1.82, 2.24) is 20.1 Å². The Morgan fingerprint density at radius 1 is 1.09 bits per heavy atom. The van der Waals surface area contributed by atoms with Crippen LogP contribution >= 0.6 is 0 Å². The Kier molecular flexibility index (Phi) is 7.89. The van der Waals surface area contributed by atoms with Gasteiger partial charge in [-0.15, -0.1) is 0 Å². The van der Waals surface area contributed by atoms with Crippen molar-refractivity contribution in [3.63, 3.8) is 0 Å². The van der Waals surface area contributed by atoms with Crippen LogP contribution in [0.15, 0.2) is 24.5 Å². The largest absolute Gasteiger partial charge is 0.353 e. The first-order chi connectivity index (χ1) is 16.3. The van der Waals surface area contributed by atoms with E-state index < -0.39 is 0 Å². The van der Waals surface area contributed by atoms with E-state index in [4.69, 9.17) is 0 Å². The molecule has 3 aliphatic heterocycles. The molecule has 7 nitrogen and oxygen atoms in total. The SMILES string of the molecule is CC(C)[C@@H]1CC[C@@H](C)CC(=O)N2C[C@H]3C[C@@H](CN(C(=O)c4ccncc4)C3)[C@@H]2CCCC(=O)N1. The fourth-order valence-electron chi connectivity index (χ4n) is 6.15. The van der Waals surface area contributed by atoms with Crippen molar-refractivity contribution < 1.29 is 14.4 Å². The maximum absolute atomic E-state index is 13.5. The molecule has 3 saturated heterocycles. The lowest BCUT2D eigenvalue weighted by Crippen LogP contribution is -2.60. The van der Waals surface area contributed by atoms with Crippen LogP contribution in [0, 0.1) is 23.7 Å². The first kappa shape index (κ1) is 24.7. The molecule has 3 amide bonds. The zero-order valence-electron chi connectivity index (χ0n) is 20.9. The van der Waals surface area contributed by atoms with Crippen molar-refractivity contribution >= 4 is 17.7 Å². The molecular formula is C27H40N4O3. The summed E-state index contributed by atoms with van der Waals surface area (Å²) in [5.74, 6) is 1.66. The molecule has 0 saturated carbocycles. The van der Waals surface area contributed by atoms with Crippen LogP contribution in [0.3, 0.4) is 0 Å². The highest BCUT2D eigenvalue weighted by molar-refractivity contribution is 5.94. The number of fused-ring (bicyclic) bond motifs is 4. The molecule has 0 aliphatic carbocycles. The van der Waals surface area contributed by atoms with Gasteiger partial charge in [0.25, 0.3) is 5.91 Å². The van der Waals surface area contributed by atoms with E-state index in [-0.39, 0.29) is 35.7 Å². The van der Waals surface area contributed by atoms with Crippen LogP contribution in [-0.4, -0.2) is 64.2 Å². The number of nitrogens with zero attached hydrogens (tertiary/aromatic N) is 3. The fraction of sp³-hybridized carbons (Fsp3) is 0.704. The molecule has 1 aromatic heterocycles. The van der Waals surface area contributed by atoms with E-state index in [1.54, 1.807) is 24.5 Å². The molecule has 186 valence electrons. The van der Waals surface area contributed by atoms with Crippen LogP contribution < -0.4 is 5.32 Å². The van der Waals surface area contributed by atoms with Gasteiger partial charge in [0.2, 0.25) is 11.8 Å². The van der Waals surface area contributed by atoms with Gasteiger partial charge in [0, 0.05) is 62.5 Å². The molecule has 7 heteroatoms. The molecule has 3 fully saturated rings. The number of carbonyl (C=O) groups is 3. The number of nitrogens with one attached hydrogen (secondary N) is 1. The molecule has 0 radical (unpaired) electrons. The van der Waals surface area contributed by atoms with Gasteiger partial charge in [-0.2, -0.15) is 0 Å². The van der Waals surface area contributed by atoms with Gasteiger partial charge in [0.1, 0.15) is 0 Å². The predicted molar refractivity (Wildman–Crippen MR) is 131 cm³/mol. The summed E-state index contributed by atoms with van der Waals surface area (Å²) in [5, 5.41) is 3.25. The molecule has 1 aromatic rings. The second-order valence-electron chi connectivity index (χ2n) is 11.1. The van der Waals surface area contributed by atoms with Crippen LogP contribution in [0.1, 0.15) is 76.1 Å². The maximum atomic E-state index is 13.5. The molecule has 4 heterocycles. The van der Waals surface area contributed by atoms with E-state index in [0.29, 0.717) is 55.8 Å². The highest BCUT2D eigenvalue weighted by Gasteiger charge is 2.43. The highest BCUT2D eigenvalue weighted by atomic mass is 16.2. The number of carbonyl (C=O) groups excluding carboxylic acids is 3. The average molecular weight is 469 g/mol. The molecule has 0 unspecified atom stereocenters. The topological polar surface area (TPSA) is 82.6 Å². The number of rotatable bonds is 2. The molecule has 4 rings (SSSR count). The minimum absolute atomic E-state index is 0.0502. The molecule has 5 atom stereocenters. The molecule has 1 N–H and O–H groups in total. The lowest BCUT2D eigenvalue weighted by atomic mass is 9.77. The first-order valence-corrected chi connectivity index (χ1v) is 13.1.